The van der Waals surface area contributed by atoms with E-state index in [0.717, 1.165) is 11.8 Å². The van der Waals surface area contributed by atoms with Gasteiger partial charge in [0.2, 0.25) is 5.91 Å². The number of halogens is 4. The summed E-state index contributed by atoms with van der Waals surface area (Å²) < 4.78 is 11.7. The zero-order valence-corrected chi connectivity index (χ0v) is 16.4. The van der Waals surface area contributed by atoms with Crippen LogP contribution in [0.5, 0.6) is 0 Å². The molecule has 0 spiro atoms. The molecule has 1 rings (SSSR count). The van der Waals surface area contributed by atoms with Gasteiger partial charge in [0.1, 0.15) is 6.04 Å². The molecule has 2 unspecified atom stereocenters. The Bertz CT molecular complexity index is 655. The first-order chi connectivity index (χ1) is 10.6. The van der Waals surface area contributed by atoms with Crippen molar-refractivity contribution >= 4 is 80.8 Å². The fraction of sp³-hybridized carbons (Fsp3) is 0.333. The molecule has 0 saturated carbocycles. The van der Waals surface area contributed by atoms with Crippen LogP contribution in [0.1, 0.15) is 6.92 Å². The van der Waals surface area contributed by atoms with Crippen molar-refractivity contribution in [2.45, 2.75) is 22.8 Å². The third-order valence-corrected chi connectivity index (χ3v) is 6.87. The number of amides is 1. The number of benzene rings is 1. The second-order valence-corrected chi connectivity index (χ2v) is 8.13. The minimum atomic E-state index is -1.50. The number of aliphatic carboxylic acids is 1. The zero-order chi connectivity index (χ0) is 17.9. The van der Waals surface area contributed by atoms with Gasteiger partial charge in [-0.3, -0.25) is 9.00 Å². The van der Waals surface area contributed by atoms with Crippen molar-refractivity contribution in [3.63, 3.8) is 0 Å². The molecular formula is C12H11Cl4NO4S2. The number of thioether (sulfide) groups is 1. The highest BCUT2D eigenvalue weighted by Crippen LogP contribution is 2.46. The Hall–Kier alpha value is -0.180. The highest BCUT2D eigenvalue weighted by Gasteiger charge is 2.25. The Morgan fingerprint density at radius 2 is 1.65 bits per heavy atom. The summed E-state index contributed by atoms with van der Waals surface area (Å²) >= 11 is 25.4. The fourth-order valence-electron chi connectivity index (χ4n) is 1.56. The summed E-state index contributed by atoms with van der Waals surface area (Å²) in [4.78, 5) is 22.5. The molecule has 11 heteroatoms. The third-order valence-electron chi connectivity index (χ3n) is 2.54. The molecule has 0 saturated heterocycles. The van der Waals surface area contributed by atoms with E-state index >= 15 is 0 Å². The number of rotatable bonds is 6. The summed E-state index contributed by atoms with van der Waals surface area (Å²) in [6.45, 7) is 1.21. The van der Waals surface area contributed by atoms with Crippen molar-refractivity contribution in [3.8, 4) is 0 Å². The van der Waals surface area contributed by atoms with E-state index in [1.54, 1.807) is 0 Å². The van der Waals surface area contributed by atoms with E-state index in [1.165, 1.54) is 13.2 Å². The Morgan fingerprint density at radius 1 is 1.17 bits per heavy atom. The van der Waals surface area contributed by atoms with E-state index < -0.39 is 28.7 Å². The zero-order valence-electron chi connectivity index (χ0n) is 11.8. The standard InChI is InChI=1S/C12H11Cl4NO4S2/c1-4(18)17-5(12(19)20)3-22-10-6(13)8(15)11(23(2)21)9(16)7(10)14/h5H,3H2,1-2H3,(H,17,18)(H,19,20). The molecule has 0 aliphatic heterocycles. The van der Waals surface area contributed by atoms with Gasteiger partial charge < -0.3 is 10.4 Å². The lowest BCUT2D eigenvalue weighted by Gasteiger charge is -2.16. The summed E-state index contributed by atoms with van der Waals surface area (Å²) in [5.41, 5.74) is 0. The largest absolute Gasteiger partial charge is 0.480 e. The molecule has 0 bridgehead atoms. The van der Waals surface area contributed by atoms with Gasteiger partial charge in [-0.1, -0.05) is 46.4 Å². The molecule has 0 aliphatic carbocycles. The van der Waals surface area contributed by atoms with Gasteiger partial charge >= 0.3 is 5.97 Å². The predicted molar refractivity (Wildman–Crippen MR) is 94.8 cm³/mol. The Labute approximate surface area is 159 Å². The maximum absolute atomic E-state index is 11.7. The number of carboxylic acids is 1. The molecule has 1 aromatic rings. The smallest absolute Gasteiger partial charge is 0.327 e. The second-order valence-electron chi connectivity index (χ2n) is 4.27. The molecule has 0 radical (unpaired) electrons. The highest BCUT2D eigenvalue weighted by molar-refractivity contribution is 7.99. The predicted octanol–water partition coefficient (Wildman–Crippen LogP) is 3.72. The number of nitrogens with one attached hydrogen (secondary N) is 1. The van der Waals surface area contributed by atoms with E-state index in [4.69, 9.17) is 51.5 Å². The molecule has 128 valence electrons. The fourth-order valence-corrected chi connectivity index (χ4v) is 5.34. The Morgan fingerprint density at radius 3 is 2.00 bits per heavy atom. The van der Waals surface area contributed by atoms with Crippen molar-refractivity contribution in [3.05, 3.63) is 20.1 Å². The van der Waals surface area contributed by atoms with Gasteiger partial charge in [0, 0.05) is 23.8 Å². The molecule has 1 aromatic carbocycles. The van der Waals surface area contributed by atoms with Gasteiger partial charge in [-0.15, -0.1) is 11.8 Å². The number of carbonyl (C=O) groups excluding carboxylic acids is 1. The monoisotopic (exact) mass is 437 g/mol. The highest BCUT2D eigenvalue weighted by atomic mass is 35.5. The Kier molecular flexibility index (Phi) is 7.97. The van der Waals surface area contributed by atoms with Crippen molar-refractivity contribution in [2.75, 3.05) is 12.0 Å². The lowest BCUT2D eigenvalue weighted by atomic mass is 10.3. The lowest BCUT2D eigenvalue weighted by Crippen LogP contribution is -2.41. The van der Waals surface area contributed by atoms with Crippen LogP contribution < -0.4 is 5.32 Å². The van der Waals surface area contributed by atoms with Crippen molar-refractivity contribution in [2.24, 2.45) is 0 Å². The molecule has 0 fully saturated rings. The van der Waals surface area contributed by atoms with Crippen LogP contribution >= 0.6 is 58.2 Å². The van der Waals surface area contributed by atoms with Crippen molar-refractivity contribution in [1.82, 2.24) is 5.32 Å². The number of carbonyl (C=O) groups is 2. The maximum Gasteiger partial charge on any atom is 0.327 e. The number of carboxylic acid groups (broad SMARTS) is 1. The van der Waals surface area contributed by atoms with Gasteiger partial charge in [-0.25, -0.2) is 4.79 Å². The maximum atomic E-state index is 11.7. The summed E-state index contributed by atoms with van der Waals surface area (Å²) in [5.74, 6) is -1.73. The minimum Gasteiger partial charge on any atom is -0.480 e. The average molecular weight is 439 g/mol. The first kappa shape index (κ1) is 20.9. The summed E-state index contributed by atoms with van der Waals surface area (Å²) in [6.07, 6.45) is 1.38. The minimum absolute atomic E-state index is 0.00389. The van der Waals surface area contributed by atoms with Gasteiger partial charge in [0.15, 0.2) is 0 Å². The van der Waals surface area contributed by atoms with Crippen LogP contribution in [0.3, 0.4) is 0 Å². The van der Waals surface area contributed by atoms with Crippen LogP contribution in [0.15, 0.2) is 9.79 Å². The van der Waals surface area contributed by atoms with Gasteiger partial charge in [-0.05, 0) is 0 Å². The normalized spacial score (nSPS) is 13.5. The molecule has 0 heterocycles. The molecule has 0 aliphatic rings. The quantitative estimate of drug-likeness (QED) is 0.522. The van der Waals surface area contributed by atoms with Crippen LogP contribution in [0.4, 0.5) is 0 Å². The lowest BCUT2D eigenvalue weighted by molar-refractivity contribution is -0.140. The van der Waals surface area contributed by atoms with Gasteiger partial charge in [0.25, 0.3) is 0 Å². The van der Waals surface area contributed by atoms with Crippen LogP contribution in [-0.4, -0.2) is 39.2 Å². The van der Waals surface area contributed by atoms with Gasteiger partial charge in [0.05, 0.1) is 35.8 Å². The van der Waals surface area contributed by atoms with Crippen molar-refractivity contribution < 1.29 is 18.9 Å². The first-order valence-corrected chi connectivity index (χ1v) is 9.95. The third kappa shape index (κ3) is 5.14. The van der Waals surface area contributed by atoms with Crippen LogP contribution in [0.2, 0.25) is 20.1 Å². The van der Waals surface area contributed by atoms with E-state index in [2.05, 4.69) is 5.32 Å². The molecule has 1 amide bonds. The average Bonchev–Trinajstić information content (AvgIpc) is 2.43. The Balaban J connectivity index is 3.17. The molecule has 23 heavy (non-hydrogen) atoms. The summed E-state index contributed by atoms with van der Waals surface area (Å²) in [7, 11) is -1.50. The first-order valence-electron chi connectivity index (χ1n) is 5.90. The molecule has 5 nitrogen and oxygen atoms in total. The second kappa shape index (κ2) is 8.78. The summed E-state index contributed by atoms with van der Waals surface area (Å²) in [5, 5.41) is 11.4. The van der Waals surface area contributed by atoms with E-state index in [0.29, 0.717) is 0 Å². The van der Waals surface area contributed by atoms with Crippen LogP contribution in [0, 0.1) is 0 Å². The number of hydrogen-bond donors (Lipinski definition) is 2. The van der Waals surface area contributed by atoms with E-state index in [9.17, 15) is 13.8 Å². The number of hydrogen-bond acceptors (Lipinski definition) is 4. The van der Waals surface area contributed by atoms with Crippen molar-refractivity contribution in [1.29, 1.82) is 0 Å². The molecular weight excluding hydrogens is 428 g/mol. The SMILES string of the molecule is CC(=O)NC(CSc1c(Cl)c(Cl)c(S(C)=O)c(Cl)c1Cl)C(=O)O. The van der Waals surface area contributed by atoms with Crippen LogP contribution in [0.25, 0.3) is 0 Å². The molecule has 0 aromatic heterocycles. The summed E-state index contributed by atoms with van der Waals surface area (Å²) in [6, 6.07) is -1.14. The van der Waals surface area contributed by atoms with E-state index in [-0.39, 0.29) is 35.6 Å². The van der Waals surface area contributed by atoms with Gasteiger partial charge in [-0.2, -0.15) is 0 Å². The van der Waals surface area contributed by atoms with E-state index in [1.807, 2.05) is 0 Å². The topological polar surface area (TPSA) is 83.5 Å². The van der Waals surface area contributed by atoms with Crippen LogP contribution in [-0.2, 0) is 20.4 Å². The molecule has 2 atom stereocenters. The molecule has 2 N–H and O–H groups in total.